The van der Waals surface area contributed by atoms with Gasteiger partial charge in [0.25, 0.3) is 0 Å². The third-order valence-corrected chi connectivity index (χ3v) is 2.02. The van der Waals surface area contributed by atoms with Gasteiger partial charge in [-0.05, 0) is 19.8 Å². The highest BCUT2D eigenvalue weighted by Gasteiger charge is 2.19. The topological polar surface area (TPSA) is 20.2 Å². The summed E-state index contributed by atoms with van der Waals surface area (Å²) in [4.78, 5) is 0. The standard InChI is InChI=1S/C10H20F2O/c1-10(11,12)8-6-4-2-3-5-7-9-13/h13H,2-9H2,1H3. The van der Waals surface area contributed by atoms with Crippen molar-refractivity contribution < 1.29 is 13.9 Å². The molecule has 0 rings (SSSR count). The van der Waals surface area contributed by atoms with Crippen LogP contribution in [0, 0.1) is 0 Å². The number of aliphatic hydroxyl groups is 1. The van der Waals surface area contributed by atoms with Crippen molar-refractivity contribution in [2.24, 2.45) is 0 Å². The summed E-state index contributed by atoms with van der Waals surface area (Å²) in [5, 5.41) is 8.48. The Morgan fingerprint density at radius 1 is 0.923 bits per heavy atom. The fourth-order valence-corrected chi connectivity index (χ4v) is 1.25. The molecule has 80 valence electrons. The average molecular weight is 194 g/mol. The summed E-state index contributed by atoms with van der Waals surface area (Å²) in [6.07, 6.45) is 5.42. The van der Waals surface area contributed by atoms with Crippen LogP contribution in [-0.4, -0.2) is 17.6 Å². The zero-order valence-electron chi connectivity index (χ0n) is 8.36. The number of unbranched alkanes of at least 4 members (excludes halogenated alkanes) is 5. The molecule has 0 radical (unpaired) electrons. The summed E-state index contributed by atoms with van der Waals surface area (Å²) in [6.45, 7) is 1.21. The molecule has 0 unspecified atom stereocenters. The van der Waals surface area contributed by atoms with Crippen LogP contribution < -0.4 is 0 Å². The van der Waals surface area contributed by atoms with E-state index in [9.17, 15) is 8.78 Å². The van der Waals surface area contributed by atoms with Crippen LogP contribution in [0.2, 0.25) is 0 Å². The molecular formula is C10H20F2O. The summed E-state index contributed by atoms with van der Waals surface area (Å²) in [5.41, 5.74) is 0. The Morgan fingerprint density at radius 3 is 1.85 bits per heavy atom. The van der Waals surface area contributed by atoms with Crippen molar-refractivity contribution in [3.05, 3.63) is 0 Å². The molecule has 0 aromatic rings. The highest BCUT2D eigenvalue weighted by Crippen LogP contribution is 2.20. The van der Waals surface area contributed by atoms with Crippen molar-refractivity contribution in [3.8, 4) is 0 Å². The van der Waals surface area contributed by atoms with E-state index in [1.807, 2.05) is 0 Å². The minimum absolute atomic E-state index is 0.00694. The lowest BCUT2D eigenvalue weighted by molar-refractivity contribution is 0.0103. The van der Waals surface area contributed by atoms with E-state index < -0.39 is 5.92 Å². The second-order valence-corrected chi connectivity index (χ2v) is 3.67. The quantitative estimate of drug-likeness (QED) is 0.587. The predicted octanol–water partition coefficient (Wildman–Crippen LogP) is 3.36. The zero-order chi connectivity index (χ0) is 10.2. The minimum Gasteiger partial charge on any atom is -0.396 e. The molecule has 0 aliphatic heterocycles. The van der Waals surface area contributed by atoms with Gasteiger partial charge >= 0.3 is 0 Å². The zero-order valence-corrected chi connectivity index (χ0v) is 8.36. The second kappa shape index (κ2) is 7.25. The summed E-state index contributed by atoms with van der Waals surface area (Å²) in [5.74, 6) is -2.49. The molecule has 1 nitrogen and oxygen atoms in total. The highest BCUT2D eigenvalue weighted by molar-refractivity contribution is 4.57. The van der Waals surface area contributed by atoms with E-state index >= 15 is 0 Å². The van der Waals surface area contributed by atoms with Crippen molar-refractivity contribution in [3.63, 3.8) is 0 Å². The van der Waals surface area contributed by atoms with Crippen LogP contribution >= 0.6 is 0 Å². The molecule has 0 aliphatic carbocycles. The van der Waals surface area contributed by atoms with E-state index in [4.69, 9.17) is 5.11 Å². The molecule has 0 aromatic heterocycles. The Bertz CT molecular complexity index is 110. The van der Waals surface area contributed by atoms with Crippen LogP contribution in [0.25, 0.3) is 0 Å². The molecule has 1 N–H and O–H groups in total. The average Bonchev–Trinajstić information content (AvgIpc) is 2.01. The fraction of sp³-hybridized carbons (Fsp3) is 1.00. The summed E-state index contributed by atoms with van der Waals surface area (Å²) in [6, 6.07) is 0. The number of rotatable bonds is 8. The maximum absolute atomic E-state index is 12.3. The molecule has 0 saturated carbocycles. The molecule has 13 heavy (non-hydrogen) atoms. The van der Waals surface area contributed by atoms with Gasteiger partial charge in [0.05, 0.1) is 0 Å². The highest BCUT2D eigenvalue weighted by atomic mass is 19.3. The Kier molecular flexibility index (Phi) is 7.14. The Labute approximate surface area is 79.1 Å². The third-order valence-electron chi connectivity index (χ3n) is 2.02. The van der Waals surface area contributed by atoms with Crippen LogP contribution in [0.1, 0.15) is 51.9 Å². The summed E-state index contributed by atoms with van der Waals surface area (Å²) < 4.78 is 24.6. The lowest BCUT2D eigenvalue weighted by Gasteiger charge is -2.08. The summed E-state index contributed by atoms with van der Waals surface area (Å²) in [7, 11) is 0. The minimum atomic E-state index is -2.49. The Balaban J connectivity index is 3.00. The van der Waals surface area contributed by atoms with Gasteiger partial charge in [0.1, 0.15) is 0 Å². The van der Waals surface area contributed by atoms with E-state index in [-0.39, 0.29) is 13.0 Å². The Morgan fingerprint density at radius 2 is 1.38 bits per heavy atom. The van der Waals surface area contributed by atoms with Crippen molar-refractivity contribution >= 4 is 0 Å². The largest absolute Gasteiger partial charge is 0.396 e. The van der Waals surface area contributed by atoms with Gasteiger partial charge in [-0.25, -0.2) is 8.78 Å². The number of hydrogen-bond donors (Lipinski definition) is 1. The van der Waals surface area contributed by atoms with E-state index in [0.29, 0.717) is 6.42 Å². The van der Waals surface area contributed by atoms with Crippen molar-refractivity contribution in [2.45, 2.75) is 57.8 Å². The molecule has 0 fully saturated rings. The van der Waals surface area contributed by atoms with Crippen molar-refractivity contribution in [1.82, 2.24) is 0 Å². The first-order chi connectivity index (χ1) is 6.06. The van der Waals surface area contributed by atoms with Gasteiger partial charge in [0, 0.05) is 13.0 Å². The van der Waals surface area contributed by atoms with Crippen LogP contribution in [-0.2, 0) is 0 Å². The maximum Gasteiger partial charge on any atom is 0.245 e. The molecule has 0 spiro atoms. The smallest absolute Gasteiger partial charge is 0.245 e. The normalized spacial score (nSPS) is 12.0. The van der Waals surface area contributed by atoms with E-state index in [1.54, 1.807) is 0 Å². The first-order valence-corrected chi connectivity index (χ1v) is 5.05. The lowest BCUT2D eigenvalue weighted by Crippen LogP contribution is -2.08. The van der Waals surface area contributed by atoms with Gasteiger partial charge in [-0.3, -0.25) is 0 Å². The van der Waals surface area contributed by atoms with Crippen LogP contribution in [0.5, 0.6) is 0 Å². The SMILES string of the molecule is CC(F)(F)CCCCCCCCO. The lowest BCUT2D eigenvalue weighted by atomic mass is 10.1. The Hall–Kier alpha value is -0.180. The van der Waals surface area contributed by atoms with Gasteiger partial charge in [-0.1, -0.05) is 25.7 Å². The molecule has 0 bridgehead atoms. The summed E-state index contributed by atoms with van der Waals surface area (Å²) >= 11 is 0. The molecule has 0 aromatic carbocycles. The van der Waals surface area contributed by atoms with Crippen LogP contribution in [0.15, 0.2) is 0 Å². The molecule has 0 saturated heterocycles. The molecule has 0 atom stereocenters. The number of hydrogen-bond acceptors (Lipinski definition) is 1. The maximum atomic E-state index is 12.3. The molecule has 0 aliphatic rings. The van der Waals surface area contributed by atoms with Crippen molar-refractivity contribution in [1.29, 1.82) is 0 Å². The van der Waals surface area contributed by atoms with E-state index in [0.717, 1.165) is 39.0 Å². The monoisotopic (exact) mass is 194 g/mol. The van der Waals surface area contributed by atoms with Gasteiger partial charge in [-0.15, -0.1) is 0 Å². The second-order valence-electron chi connectivity index (χ2n) is 3.67. The van der Waals surface area contributed by atoms with E-state index in [1.165, 1.54) is 0 Å². The first-order valence-electron chi connectivity index (χ1n) is 5.05. The first kappa shape index (κ1) is 12.8. The fourth-order valence-electron chi connectivity index (χ4n) is 1.25. The molecule has 0 amide bonds. The molecule has 0 heterocycles. The number of halogens is 2. The van der Waals surface area contributed by atoms with Gasteiger partial charge in [0.15, 0.2) is 0 Å². The van der Waals surface area contributed by atoms with Gasteiger partial charge in [-0.2, -0.15) is 0 Å². The molecular weight excluding hydrogens is 174 g/mol. The van der Waals surface area contributed by atoms with Crippen molar-refractivity contribution in [2.75, 3.05) is 6.61 Å². The third kappa shape index (κ3) is 11.8. The number of aliphatic hydroxyl groups excluding tert-OH is 1. The number of alkyl halides is 2. The van der Waals surface area contributed by atoms with E-state index in [2.05, 4.69) is 0 Å². The predicted molar refractivity (Wildman–Crippen MR) is 50.0 cm³/mol. The van der Waals surface area contributed by atoms with Gasteiger partial charge < -0.3 is 5.11 Å². The molecule has 3 heteroatoms. The van der Waals surface area contributed by atoms with Gasteiger partial charge in [0.2, 0.25) is 5.92 Å². The van der Waals surface area contributed by atoms with Crippen LogP contribution in [0.4, 0.5) is 8.78 Å². The van der Waals surface area contributed by atoms with Crippen LogP contribution in [0.3, 0.4) is 0 Å².